The van der Waals surface area contributed by atoms with Crippen molar-refractivity contribution in [3.8, 4) is 0 Å². The number of carbonyl (C=O) groups excluding carboxylic acids is 1. The predicted octanol–water partition coefficient (Wildman–Crippen LogP) is 2.11. The summed E-state index contributed by atoms with van der Waals surface area (Å²) in [5.74, 6) is 0.912. The fraction of sp³-hybridized carbons (Fsp3) is 0.786. The van der Waals surface area contributed by atoms with Gasteiger partial charge in [0, 0.05) is 31.5 Å². The third kappa shape index (κ3) is 6.47. The Hall–Kier alpha value is -1.23. The van der Waals surface area contributed by atoms with E-state index in [1.54, 1.807) is 0 Å². The topological polar surface area (TPSA) is 57.0 Å². The lowest BCUT2D eigenvalue weighted by atomic mass is 10.1. The van der Waals surface area contributed by atoms with E-state index < -0.39 is 0 Å². The minimum absolute atomic E-state index is 0.0968. The smallest absolute Gasteiger partial charge is 0.137 e. The number of rotatable bonds is 9. The summed E-state index contributed by atoms with van der Waals surface area (Å²) in [6.45, 7) is 10.1. The number of hydrogen-bond acceptors (Lipinski definition) is 4. The third-order valence-electron chi connectivity index (χ3n) is 2.78. The first-order valence-corrected chi connectivity index (χ1v) is 6.98. The second-order valence-electron chi connectivity index (χ2n) is 5.56. The van der Waals surface area contributed by atoms with E-state index in [4.69, 9.17) is 4.74 Å². The van der Waals surface area contributed by atoms with Crippen LogP contribution in [0, 0.1) is 11.8 Å². The zero-order valence-corrected chi connectivity index (χ0v) is 12.4. The first kappa shape index (κ1) is 15.8. The van der Waals surface area contributed by atoms with Gasteiger partial charge >= 0.3 is 0 Å². The van der Waals surface area contributed by atoms with Gasteiger partial charge in [0.1, 0.15) is 5.78 Å². The van der Waals surface area contributed by atoms with Gasteiger partial charge in [0.15, 0.2) is 0 Å². The summed E-state index contributed by atoms with van der Waals surface area (Å²) >= 11 is 0. The Morgan fingerprint density at radius 2 is 2.05 bits per heavy atom. The summed E-state index contributed by atoms with van der Waals surface area (Å²) in [6, 6.07) is 0. The van der Waals surface area contributed by atoms with Crippen molar-refractivity contribution in [1.82, 2.24) is 15.0 Å². The molecule has 19 heavy (non-hydrogen) atoms. The molecule has 0 amide bonds. The predicted molar refractivity (Wildman–Crippen MR) is 73.8 cm³/mol. The zero-order chi connectivity index (χ0) is 14.3. The average Bonchev–Trinajstić information content (AvgIpc) is 2.75. The Labute approximate surface area is 115 Å². The van der Waals surface area contributed by atoms with Crippen molar-refractivity contribution < 1.29 is 9.53 Å². The number of aromatic nitrogens is 3. The highest BCUT2D eigenvalue weighted by Gasteiger charge is 2.07. The SMILES string of the molecule is CC(C)Cn1cc(CCOCCC(=O)C(C)C)nn1. The Morgan fingerprint density at radius 1 is 1.32 bits per heavy atom. The maximum absolute atomic E-state index is 11.4. The molecule has 0 aliphatic heterocycles. The fourth-order valence-electron chi connectivity index (χ4n) is 1.66. The number of ether oxygens (including phenoxy) is 1. The lowest BCUT2D eigenvalue weighted by Crippen LogP contribution is -2.11. The van der Waals surface area contributed by atoms with Crippen LogP contribution in [-0.2, 0) is 22.5 Å². The molecule has 1 rings (SSSR count). The van der Waals surface area contributed by atoms with Crippen LogP contribution in [0.15, 0.2) is 6.20 Å². The van der Waals surface area contributed by atoms with Crippen LogP contribution in [0.4, 0.5) is 0 Å². The van der Waals surface area contributed by atoms with Crippen molar-refractivity contribution in [2.45, 2.75) is 47.1 Å². The number of nitrogens with zero attached hydrogens (tertiary/aromatic N) is 3. The molecule has 0 radical (unpaired) electrons. The van der Waals surface area contributed by atoms with E-state index in [0.717, 1.165) is 18.7 Å². The number of carbonyl (C=O) groups is 1. The van der Waals surface area contributed by atoms with E-state index in [0.29, 0.717) is 25.6 Å². The highest BCUT2D eigenvalue weighted by molar-refractivity contribution is 5.80. The standard InChI is InChI=1S/C14H25N3O2/c1-11(2)9-17-10-13(15-16-17)5-7-19-8-6-14(18)12(3)4/h10-12H,5-9H2,1-4H3. The van der Waals surface area contributed by atoms with E-state index in [9.17, 15) is 4.79 Å². The van der Waals surface area contributed by atoms with E-state index in [1.165, 1.54) is 0 Å². The molecule has 0 atom stereocenters. The first-order chi connectivity index (χ1) is 8.99. The van der Waals surface area contributed by atoms with E-state index in [2.05, 4.69) is 24.2 Å². The number of Topliss-reactive ketones (excluding diaryl/α,β-unsaturated/α-hetero) is 1. The number of ketones is 1. The molecular weight excluding hydrogens is 242 g/mol. The van der Waals surface area contributed by atoms with Crippen molar-refractivity contribution in [3.05, 3.63) is 11.9 Å². The quantitative estimate of drug-likeness (QED) is 0.643. The molecule has 0 bridgehead atoms. The lowest BCUT2D eigenvalue weighted by Gasteiger charge is -2.04. The molecule has 0 saturated carbocycles. The Bertz CT molecular complexity index is 386. The fourth-order valence-corrected chi connectivity index (χ4v) is 1.66. The van der Waals surface area contributed by atoms with Crippen LogP contribution in [0.5, 0.6) is 0 Å². The molecule has 0 fully saturated rings. The summed E-state index contributed by atoms with van der Waals surface area (Å²) in [7, 11) is 0. The summed E-state index contributed by atoms with van der Waals surface area (Å²) in [4.78, 5) is 11.4. The maximum atomic E-state index is 11.4. The van der Waals surface area contributed by atoms with Gasteiger partial charge in [-0.15, -0.1) is 5.10 Å². The summed E-state index contributed by atoms with van der Waals surface area (Å²) in [6.07, 6.45) is 3.20. The van der Waals surface area contributed by atoms with Gasteiger partial charge in [0.2, 0.25) is 0 Å². The van der Waals surface area contributed by atoms with Crippen molar-refractivity contribution in [2.75, 3.05) is 13.2 Å². The minimum Gasteiger partial charge on any atom is -0.381 e. The zero-order valence-electron chi connectivity index (χ0n) is 12.4. The van der Waals surface area contributed by atoms with Gasteiger partial charge < -0.3 is 4.74 Å². The van der Waals surface area contributed by atoms with Crippen LogP contribution in [-0.4, -0.2) is 34.0 Å². The van der Waals surface area contributed by atoms with Crippen molar-refractivity contribution in [3.63, 3.8) is 0 Å². The molecule has 5 heteroatoms. The second-order valence-corrected chi connectivity index (χ2v) is 5.56. The Morgan fingerprint density at radius 3 is 2.68 bits per heavy atom. The molecule has 1 heterocycles. The van der Waals surface area contributed by atoms with Crippen LogP contribution in [0.1, 0.15) is 39.8 Å². The monoisotopic (exact) mass is 267 g/mol. The van der Waals surface area contributed by atoms with Gasteiger partial charge in [-0.3, -0.25) is 9.48 Å². The molecule has 1 aromatic rings. The number of hydrogen-bond donors (Lipinski definition) is 0. The molecule has 0 spiro atoms. The van der Waals surface area contributed by atoms with Crippen LogP contribution >= 0.6 is 0 Å². The summed E-state index contributed by atoms with van der Waals surface area (Å²) in [5.41, 5.74) is 0.941. The normalized spacial score (nSPS) is 11.5. The van der Waals surface area contributed by atoms with Gasteiger partial charge in [-0.1, -0.05) is 32.9 Å². The molecule has 0 aromatic carbocycles. The minimum atomic E-state index is 0.0968. The van der Waals surface area contributed by atoms with Gasteiger partial charge in [0.05, 0.1) is 18.9 Å². The lowest BCUT2D eigenvalue weighted by molar-refractivity contribution is -0.122. The molecule has 0 aliphatic rings. The highest BCUT2D eigenvalue weighted by Crippen LogP contribution is 2.01. The maximum Gasteiger partial charge on any atom is 0.137 e. The molecule has 0 unspecified atom stereocenters. The van der Waals surface area contributed by atoms with E-state index in [-0.39, 0.29) is 11.7 Å². The summed E-state index contributed by atoms with van der Waals surface area (Å²) in [5, 5.41) is 8.16. The third-order valence-corrected chi connectivity index (χ3v) is 2.78. The van der Waals surface area contributed by atoms with Gasteiger partial charge in [-0.25, -0.2) is 0 Å². The van der Waals surface area contributed by atoms with E-state index >= 15 is 0 Å². The van der Waals surface area contributed by atoms with Crippen molar-refractivity contribution in [1.29, 1.82) is 0 Å². The van der Waals surface area contributed by atoms with Crippen LogP contribution < -0.4 is 0 Å². The van der Waals surface area contributed by atoms with Crippen LogP contribution in [0.25, 0.3) is 0 Å². The van der Waals surface area contributed by atoms with Gasteiger partial charge in [0.25, 0.3) is 0 Å². The molecule has 1 aromatic heterocycles. The van der Waals surface area contributed by atoms with E-state index in [1.807, 2.05) is 24.7 Å². The molecule has 108 valence electrons. The molecule has 0 N–H and O–H groups in total. The molecule has 5 nitrogen and oxygen atoms in total. The largest absolute Gasteiger partial charge is 0.381 e. The van der Waals surface area contributed by atoms with Gasteiger partial charge in [-0.05, 0) is 5.92 Å². The first-order valence-electron chi connectivity index (χ1n) is 6.98. The van der Waals surface area contributed by atoms with Crippen LogP contribution in [0.3, 0.4) is 0 Å². The Kier molecular flexibility index (Phi) is 6.70. The second kappa shape index (κ2) is 8.04. The molecular formula is C14H25N3O2. The van der Waals surface area contributed by atoms with Gasteiger partial charge in [-0.2, -0.15) is 0 Å². The highest BCUT2D eigenvalue weighted by atomic mass is 16.5. The molecule has 0 aliphatic carbocycles. The van der Waals surface area contributed by atoms with Crippen molar-refractivity contribution >= 4 is 5.78 Å². The van der Waals surface area contributed by atoms with Crippen molar-refractivity contribution in [2.24, 2.45) is 11.8 Å². The summed E-state index contributed by atoms with van der Waals surface area (Å²) < 4.78 is 7.31. The molecule has 0 saturated heterocycles. The van der Waals surface area contributed by atoms with Crippen LogP contribution in [0.2, 0.25) is 0 Å². The average molecular weight is 267 g/mol. The Balaban J connectivity index is 2.16.